The first-order chi connectivity index (χ1) is 14.2. The number of benzene rings is 2. The van der Waals surface area contributed by atoms with E-state index in [2.05, 4.69) is 29.4 Å². The second-order valence-electron chi connectivity index (χ2n) is 8.09. The highest BCUT2D eigenvalue weighted by atomic mass is 35.5. The van der Waals surface area contributed by atoms with Crippen LogP contribution in [0, 0.1) is 0 Å². The van der Waals surface area contributed by atoms with Crippen molar-refractivity contribution in [2.24, 2.45) is 0 Å². The summed E-state index contributed by atoms with van der Waals surface area (Å²) in [7, 11) is -1.14. The van der Waals surface area contributed by atoms with Crippen molar-refractivity contribution < 1.29 is 13.2 Å². The molecule has 1 aliphatic carbocycles. The van der Waals surface area contributed by atoms with E-state index in [-0.39, 0.29) is 16.8 Å². The van der Waals surface area contributed by atoms with Gasteiger partial charge in [0.2, 0.25) is 0 Å². The fraction of sp³-hybridized carbons (Fsp3) is 0.435. The van der Waals surface area contributed by atoms with Gasteiger partial charge in [-0.05, 0) is 87.7 Å². The van der Waals surface area contributed by atoms with Crippen LogP contribution in [0.1, 0.15) is 41.6 Å². The molecule has 0 saturated heterocycles. The molecule has 0 radical (unpaired) electrons. The van der Waals surface area contributed by atoms with E-state index in [1.54, 1.807) is 12.1 Å². The molecule has 0 bridgehead atoms. The molecule has 1 N–H and O–H groups in total. The Balaban J connectivity index is 1.53. The van der Waals surface area contributed by atoms with Crippen LogP contribution in [0.2, 0.25) is 5.02 Å². The zero-order valence-corrected chi connectivity index (χ0v) is 19.0. The molecule has 0 aliphatic heterocycles. The highest BCUT2D eigenvalue weighted by molar-refractivity contribution is 7.90. The Morgan fingerprint density at radius 1 is 1.10 bits per heavy atom. The van der Waals surface area contributed by atoms with Crippen molar-refractivity contribution in [3.05, 3.63) is 64.7 Å². The fourth-order valence-corrected chi connectivity index (χ4v) is 4.85. The minimum atomic E-state index is -3.26. The van der Waals surface area contributed by atoms with Gasteiger partial charge < -0.3 is 10.2 Å². The number of amides is 1. The molecule has 1 fully saturated rings. The summed E-state index contributed by atoms with van der Waals surface area (Å²) in [5, 5.41) is 3.91. The molecule has 5 nitrogen and oxygen atoms in total. The number of likely N-dealkylation sites (N-methyl/N-ethyl adjacent to an activating group) is 1. The maximum atomic E-state index is 12.7. The number of nitrogens with zero attached hydrogens (tertiary/aromatic N) is 1. The predicted octanol–water partition coefficient (Wildman–Crippen LogP) is 3.96. The summed E-state index contributed by atoms with van der Waals surface area (Å²) in [6.07, 6.45) is 6.31. The van der Waals surface area contributed by atoms with E-state index in [4.69, 9.17) is 11.6 Å². The Bertz CT molecular complexity index is 959. The smallest absolute Gasteiger partial charge is 0.251 e. The van der Waals surface area contributed by atoms with Crippen LogP contribution in [0.5, 0.6) is 0 Å². The number of aryl methyl sites for hydroxylation is 1. The van der Waals surface area contributed by atoms with Crippen LogP contribution in [0.25, 0.3) is 0 Å². The lowest BCUT2D eigenvalue weighted by Gasteiger charge is -2.30. The predicted molar refractivity (Wildman–Crippen MR) is 121 cm³/mol. The van der Waals surface area contributed by atoms with E-state index < -0.39 is 9.84 Å². The first kappa shape index (κ1) is 22.8. The molecular formula is C23H29ClN2O3S. The highest BCUT2D eigenvalue weighted by Crippen LogP contribution is 2.24. The van der Waals surface area contributed by atoms with Crippen molar-refractivity contribution in [1.29, 1.82) is 0 Å². The molecular weight excluding hydrogens is 420 g/mol. The van der Waals surface area contributed by atoms with Crippen LogP contribution in [-0.4, -0.2) is 51.2 Å². The standard InChI is InChI=1S/C23H29ClN2O3S/c1-26(16-4-5-17-8-12-19(24)13-9-17)22-7-3-6-21(22)25-23(27)18-10-14-20(15-11-18)30(2,28)29/h8-15,21-22H,3-7,16H2,1-2H3,(H,25,27)/t21-,22-/m1/s1. The molecule has 7 heteroatoms. The second kappa shape index (κ2) is 9.94. The minimum absolute atomic E-state index is 0.104. The maximum absolute atomic E-state index is 12.7. The van der Waals surface area contributed by atoms with Gasteiger partial charge in [-0.1, -0.05) is 23.7 Å². The van der Waals surface area contributed by atoms with E-state index in [1.807, 2.05) is 12.1 Å². The van der Waals surface area contributed by atoms with Crippen molar-refractivity contribution in [2.75, 3.05) is 19.8 Å². The lowest BCUT2D eigenvalue weighted by molar-refractivity contribution is 0.0912. The summed E-state index contributed by atoms with van der Waals surface area (Å²) in [6, 6.07) is 14.5. The van der Waals surface area contributed by atoms with Crippen molar-refractivity contribution >= 4 is 27.3 Å². The van der Waals surface area contributed by atoms with Crippen LogP contribution in [-0.2, 0) is 16.3 Å². The number of carbonyl (C=O) groups excluding carboxylic acids is 1. The molecule has 0 unspecified atom stereocenters. The van der Waals surface area contributed by atoms with Gasteiger partial charge in [0.05, 0.1) is 4.90 Å². The van der Waals surface area contributed by atoms with E-state index >= 15 is 0 Å². The van der Waals surface area contributed by atoms with Gasteiger partial charge in [0.25, 0.3) is 5.91 Å². The van der Waals surface area contributed by atoms with Crippen molar-refractivity contribution in [1.82, 2.24) is 10.2 Å². The lowest BCUT2D eigenvalue weighted by atomic mass is 10.1. The number of hydrogen-bond acceptors (Lipinski definition) is 4. The molecule has 2 atom stereocenters. The Labute approximate surface area is 184 Å². The van der Waals surface area contributed by atoms with Crippen LogP contribution in [0.4, 0.5) is 0 Å². The number of halogens is 1. The number of nitrogens with one attached hydrogen (secondary N) is 1. The molecule has 0 spiro atoms. The van der Waals surface area contributed by atoms with E-state index in [1.165, 1.54) is 17.7 Å². The van der Waals surface area contributed by atoms with E-state index in [9.17, 15) is 13.2 Å². The highest BCUT2D eigenvalue weighted by Gasteiger charge is 2.31. The van der Waals surface area contributed by atoms with Crippen LogP contribution < -0.4 is 5.32 Å². The van der Waals surface area contributed by atoms with Gasteiger partial charge in [0, 0.05) is 28.9 Å². The summed E-state index contributed by atoms with van der Waals surface area (Å²) >= 11 is 5.94. The van der Waals surface area contributed by atoms with E-state index in [0.717, 1.165) is 49.9 Å². The van der Waals surface area contributed by atoms with Crippen LogP contribution in [0.15, 0.2) is 53.4 Å². The quantitative estimate of drug-likeness (QED) is 0.663. The lowest BCUT2D eigenvalue weighted by Crippen LogP contribution is -2.47. The Kier molecular flexibility index (Phi) is 7.55. The molecule has 162 valence electrons. The Morgan fingerprint density at radius 2 is 1.77 bits per heavy atom. The molecule has 1 saturated carbocycles. The third-order valence-electron chi connectivity index (χ3n) is 5.80. The SMILES string of the molecule is CN(CCCc1ccc(Cl)cc1)[C@@H]1CCC[C@H]1NC(=O)c1ccc(S(C)(=O)=O)cc1. The summed E-state index contributed by atoms with van der Waals surface area (Å²) in [5.74, 6) is -0.151. The zero-order chi connectivity index (χ0) is 21.7. The minimum Gasteiger partial charge on any atom is -0.348 e. The largest absolute Gasteiger partial charge is 0.348 e. The van der Waals surface area contributed by atoms with Crippen LogP contribution in [0.3, 0.4) is 0 Å². The molecule has 30 heavy (non-hydrogen) atoms. The fourth-order valence-electron chi connectivity index (χ4n) is 4.09. The average molecular weight is 449 g/mol. The molecule has 1 amide bonds. The van der Waals surface area contributed by atoms with Crippen molar-refractivity contribution in [2.45, 2.75) is 49.1 Å². The van der Waals surface area contributed by atoms with Crippen molar-refractivity contribution in [3.63, 3.8) is 0 Å². The van der Waals surface area contributed by atoms with Gasteiger partial charge in [-0.2, -0.15) is 0 Å². The topological polar surface area (TPSA) is 66.5 Å². The zero-order valence-electron chi connectivity index (χ0n) is 17.5. The first-order valence-electron chi connectivity index (χ1n) is 10.3. The van der Waals surface area contributed by atoms with Gasteiger partial charge in [0.15, 0.2) is 9.84 Å². The molecule has 3 rings (SSSR count). The molecule has 0 aromatic heterocycles. The summed E-state index contributed by atoms with van der Waals surface area (Å²) in [4.78, 5) is 15.2. The number of sulfone groups is 1. The average Bonchev–Trinajstić information content (AvgIpc) is 3.17. The second-order valence-corrected chi connectivity index (χ2v) is 10.5. The van der Waals surface area contributed by atoms with Crippen LogP contribution >= 0.6 is 11.6 Å². The molecule has 0 heterocycles. The van der Waals surface area contributed by atoms with Gasteiger partial charge in [-0.3, -0.25) is 4.79 Å². The van der Waals surface area contributed by atoms with Gasteiger partial charge >= 0.3 is 0 Å². The van der Waals surface area contributed by atoms with E-state index in [0.29, 0.717) is 11.6 Å². The number of hydrogen-bond donors (Lipinski definition) is 1. The molecule has 2 aromatic rings. The molecule has 2 aromatic carbocycles. The monoisotopic (exact) mass is 448 g/mol. The third kappa shape index (κ3) is 6.06. The Morgan fingerprint density at radius 3 is 2.40 bits per heavy atom. The summed E-state index contributed by atoms with van der Waals surface area (Å²) < 4.78 is 23.2. The van der Waals surface area contributed by atoms with Gasteiger partial charge in [-0.15, -0.1) is 0 Å². The number of rotatable bonds is 8. The summed E-state index contributed by atoms with van der Waals surface area (Å²) in [5.41, 5.74) is 1.76. The summed E-state index contributed by atoms with van der Waals surface area (Å²) in [6.45, 7) is 0.961. The Hall–Kier alpha value is -1.89. The third-order valence-corrected chi connectivity index (χ3v) is 7.18. The van der Waals surface area contributed by atoms with Gasteiger partial charge in [0.1, 0.15) is 0 Å². The van der Waals surface area contributed by atoms with Crippen molar-refractivity contribution in [3.8, 4) is 0 Å². The normalized spacial score (nSPS) is 19.2. The first-order valence-corrected chi connectivity index (χ1v) is 12.6. The van der Waals surface area contributed by atoms with Gasteiger partial charge in [-0.25, -0.2) is 8.42 Å². The number of carbonyl (C=O) groups is 1. The maximum Gasteiger partial charge on any atom is 0.251 e. The molecule has 1 aliphatic rings.